The van der Waals surface area contributed by atoms with Gasteiger partial charge in [0.2, 0.25) is 0 Å². The van der Waals surface area contributed by atoms with Gasteiger partial charge in [-0.15, -0.1) is 11.3 Å². The third-order valence-corrected chi connectivity index (χ3v) is 4.30. The Hall–Kier alpha value is -2.40. The molecule has 0 atom stereocenters. The van der Waals surface area contributed by atoms with Crippen LogP contribution in [0.15, 0.2) is 57.1 Å². The molecule has 3 rings (SSSR count). The van der Waals surface area contributed by atoms with Crippen LogP contribution >= 0.6 is 11.3 Å². The molecular formula is C17H15NO3S. The van der Waals surface area contributed by atoms with Crippen LogP contribution in [0.25, 0.3) is 11.0 Å². The van der Waals surface area contributed by atoms with Gasteiger partial charge >= 0.3 is 0 Å². The lowest BCUT2D eigenvalue weighted by Gasteiger charge is -2.19. The summed E-state index contributed by atoms with van der Waals surface area (Å²) in [7, 11) is 0. The molecule has 22 heavy (non-hydrogen) atoms. The molecule has 1 amide bonds. The Morgan fingerprint density at radius 2 is 2.05 bits per heavy atom. The SMILES string of the molecule is CCN(Cc1cccs1)C(=O)c1cc(=O)c2ccccc2o1. The molecule has 0 bridgehead atoms. The Morgan fingerprint density at radius 1 is 1.23 bits per heavy atom. The number of fused-ring (bicyclic) bond motifs is 1. The summed E-state index contributed by atoms with van der Waals surface area (Å²) >= 11 is 1.60. The quantitative estimate of drug-likeness (QED) is 0.740. The zero-order chi connectivity index (χ0) is 15.5. The molecule has 0 spiro atoms. The highest BCUT2D eigenvalue weighted by Gasteiger charge is 2.19. The lowest BCUT2D eigenvalue weighted by atomic mass is 10.2. The molecule has 2 heterocycles. The van der Waals surface area contributed by atoms with E-state index in [1.165, 1.54) is 6.07 Å². The fourth-order valence-corrected chi connectivity index (χ4v) is 3.00. The molecule has 0 aliphatic rings. The largest absolute Gasteiger partial charge is 0.451 e. The van der Waals surface area contributed by atoms with Crippen molar-refractivity contribution in [2.45, 2.75) is 13.5 Å². The molecule has 3 aromatic rings. The highest BCUT2D eigenvalue weighted by Crippen LogP contribution is 2.16. The Labute approximate surface area is 131 Å². The van der Waals surface area contributed by atoms with Gasteiger partial charge in [0.1, 0.15) is 5.58 Å². The van der Waals surface area contributed by atoms with Gasteiger partial charge in [0.05, 0.1) is 11.9 Å². The second kappa shape index (κ2) is 6.15. The van der Waals surface area contributed by atoms with Gasteiger partial charge in [-0.2, -0.15) is 0 Å². The van der Waals surface area contributed by atoms with E-state index in [9.17, 15) is 9.59 Å². The second-order valence-electron chi connectivity index (χ2n) is 4.87. The zero-order valence-corrected chi connectivity index (χ0v) is 12.9. The third-order valence-electron chi connectivity index (χ3n) is 3.44. The van der Waals surface area contributed by atoms with Gasteiger partial charge < -0.3 is 9.32 Å². The van der Waals surface area contributed by atoms with Crippen LogP contribution in [-0.2, 0) is 6.54 Å². The van der Waals surface area contributed by atoms with Crippen molar-refractivity contribution in [2.75, 3.05) is 6.54 Å². The van der Waals surface area contributed by atoms with Crippen LogP contribution in [0, 0.1) is 0 Å². The molecule has 112 valence electrons. The summed E-state index contributed by atoms with van der Waals surface area (Å²) in [4.78, 5) is 27.5. The average Bonchev–Trinajstić information content (AvgIpc) is 3.05. The van der Waals surface area contributed by atoms with Gasteiger partial charge in [0.25, 0.3) is 5.91 Å². The first-order chi connectivity index (χ1) is 10.7. The number of benzene rings is 1. The number of thiophene rings is 1. The first kappa shape index (κ1) is 14.5. The van der Waals surface area contributed by atoms with E-state index in [0.717, 1.165) is 4.88 Å². The number of carbonyl (C=O) groups excluding carboxylic acids is 1. The molecule has 0 saturated carbocycles. The number of rotatable bonds is 4. The van der Waals surface area contributed by atoms with Crippen molar-refractivity contribution >= 4 is 28.2 Å². The lowest BCUT2D eigenvalue weighted by Crippen LogP contribution is -2.30. The molecule has 0 saturated heterocycles. The van der Waals surface area contributed by atoms with E-state index in [-0.39, 0.29) is 17.1 Å². The van der Waals surface area contributed by atoms with Crippen LogP contribution in [0.2, 0.25) is 0 Å². The summed E-state index contributed by atoms with van der Waals surface area (Å²) in [5.41, 5.74) is 0.239. The molecular weight excluding hydrogens is 298 g/mol. The normalized spacial score (nSPS) is 10.8. The van der Waals surface area contributed by atoms with Crippen molar-refractivity contribution in [1.82, 2.24) is 4.90 Å². The minimum atomic E-state index is -0.265. The topological polar surface area (TPSA) is 50.5 Å². The van der Waals surface area contributed by atoms with Gasteiger partial charge in [-0.1, -0.05) is 18.2 Å². The van der Waals surface area contributed by atoms with Crippen LogP contribution < -0.4 is 5.43 Å². The standard InChI is InChI=1S/C17H15NO3S/c1-2-18(11-12-6-5-9-22-12)17(20)16-10-14(19)13-7-3-4-8-15(13)21-16/h3-10H,2,11H2,1H3. The molecule has 4 nitrogen and oxygen atoms in total. The van der Waals surface area contributed by atoms with Gasteiger partial charge in [0.15, 0.2) is 11.2 Å². The van der Waals surface area contributed by atoms with E-state index in [2.05, 4.69) is 0 Å². The maximum atomic E-state index is 12.6. The highest BCUT2D eigenvalue weighted by atomic mass is 32.1. The maximum absolute atomic E-state index is 12.6. The Balaban J connectivity index is 1.95. The monoisotopic (exact) mass is 313 g/mol. The van der Waals surface area contributed by atoms with E-state index in [0.29, 0.717) is 24.1 Å². The van der Waals surface area contributed by atoms with Gasteiger partial charge in [-0.3, -0.25) is 9.59 Å². The van der Waals surface area contributed by atoms with Crippen molar-refractivity contribution < 1.29 is 9.21 Å². The molecule has 0 fully saturated rings. The summed E-state index contributed by atoms with van der Waals surface area (Å²) in [5.74, 6) is -0.180. The van der Waals surface area contributed by atoms with Crippen molar-refractivity contribution in [3.8, 4) is 0 Å². The van der Waals surface area contributed by atoms with E-state index in [1.807, 2.05) is 24.4 Å². The molecule has 0 N–H and O–H groups in total. The fourth-order valence-electron chi connectivity index (χ4n) is 2.28. The van der Waals surface area contributed by atoms with E-state index >= 15 is 0 Å². The Morgan fingerprint density at radius 3 is 2.77 bits per heavy atom. The highest BCUT2D eigenvalue weighted by molar-refractivity contribution is 7.09. The van der Waals surface area contributed by atoms with Crippen LogP contribution in [0.4, 0.5) is 0 Å². The first-order valence-electron chi connectivity index (χ1n) is 7.03. The van der Waals surface area contributed by atoms with Crippen molar-refractivity contribution in [2.24, 2.45) is 0 Å². The van der Waals surface area contributed by atoms with Crippen LogP contribution in [0.1, 0.15) is 22.4 Å². The minimum Gasteiger partial charge on any atom is -0.451 e. The fraction of sp³-hybridized carbons (Fsp3) is 0.176. The first-order valence-corrected chi connectivity index (χ1v) is 7.91. The molecule has 0 unspecified atom stereocenters. The molecule has 0 aliphatic carbocycles. The third kappa shape index (κ3) is 2.80. The lowest BCUT2D eigenvalue weighted by molar-refractivity contribution is 0.0722. The molecule has 0 aliphatic heterocycles. The maximum Gasteiger partial charge on any atom is 0.290 e. The van der Waals surface area contributed by atoms with Crippen LogP contribution in [-0.4, -0.2) is 17.4 Å². The summed E-state index contributed by atoms with van der Waals surface area (Å²) in [6, 6.07) is 12.2. The summed E-state index contributed by atoms with van der Waals surface area (Å²) in [6.45, 7) is 2.97. The van der Waals surface area contributed by atoms with Crippen LogP contribution in [0.3, 0.4) is 0 Å². The van der Waals surface area contributed by atoms with Gasteiger partial charge in [-0.25, -0.2) is 0 Å². The number of carbonyl (C=O) groups is 1. The number of hydrogen-bond acceptors (Lipinski definition) is 4. The average molecular weight is 313 g/mol. The van der Waals surface area contributed by atoms with Crippen LogP contribution in [0.5, 0.6) is 0 Å². The van der Waals surface area contributed by atoms with Crippen molar-refractivity contribution in [1.29, 1.82) is 0 Å². The van der Waals surface area contributed by atoms with E-state index in [4.69, 9.17) is 4.42 Å². The number of amides is 1. The predicted molar refractivity (Wildman–Crippen MR) is 87.2 cm³/mol. The van der Waals surface area contributed by atoms with Gasteiger partial charge in [-0.05, 0) is 30.5 Å². The Kier molecular flexibility index (Phi) is 4.06. The summed E-state index contributed by atoms with van der Waals surface area (Å²) in [6.07, 6.45) is 0. The number of para-hydroxylation sites is 1. The predicted octanol–water partition coefficient (Wildman–Crippen LogP) is 3.52. The second-order valence-corrected chi connectivity index (χ2v) is 5.90. The Bertz CT molecular complexity index is 852. The zero-order valence-electron chi connectivity index (χ0n) is 12.1. The summed E-state index contributed by atoms with van der Waals surface area (Å²) in [5, 5.41) is 2.46. The number of hydrogen-bond donors (Lipinski definition) is 0. The summed E-state index contributed by atoms with van der Waals surface area (Å²) < 4.78 is 5.62. The molecule has 5 heteroatoms. The molecule has 1 aromatic carbocycles. The minimum absolute atomic E-state index is 0.0853. The van der Waals surface area contributed by atoms with Crippen molar-refractivity contribution in [3.63, 3.8) is 0 Å². The molecule has 0 radical (unpaired) electrons. The van der Waals surface area contributed by atoms with E-state index in [1.54, 1.807) is 40.5 Å². The molecule has 2 aromatic heterocycles. The van der Waals surface area contributed by atoms with Gasteiger partial charge in [0, 0.05) is 17.5 Å². The van der Waals surface area contributed by atoms with E-state index < -0.39 is 0 Å². The van der Waals surface area contributed by atoms with Crippen molar-refractivity contribution in [3.05, 3.63) is 68.7 Å². The number of nitrogens with zero attached hydrogens (tertiary/aromatic N) is 1. The smallest absolute Gasteiger partial charge is 0.290 e.